The number of H-pyrrole nitrogens is 1. The number of amides is 1. The summed E-state index contributed by atoms with van der Waals surface area (Å²) in [6.45, 7) is -0.566. The zero-order valence-electron chi connectivity index (χ0n) is 11.9. The number of hydrogen-bond donors (Lipinski definition) is 1. The highest BCUT2D eigenvalue weighted by Crippen LogP contribution is 2.20. The number of nitrogens with zero attached hydrogens (tertiary/aromatic N) is 3. The second kappa shape index (κ2) is 5.90. The van der Waals surface area contributed by atoms with Gasteiger partial charge in [-0.25, -0.2) is 4.98 Å². The minimum atomic E-state index is -4.45. The Bertz CT molecular complexity index is 714. The SMILES string of the molecule is O=C(c1cccc(OCC(F)(F)F)n1)N1CCc2[nH]ncc2C1. The maximum absolute atomic E-state index is 12.4. The van der Waals surface area contributed by atoms with Crippen molar-refractivity contribution in [2.75, 3.05) is 13.2 Å². The summed E-state index contributed by atoms with van der Waals surface area (Å²) in [5, 5.41) is 6.79. The highest BCUT2D eigenvalue weighted by Gasteiger charge is 2.29. The summed E-state index contributed by atoms with van der Waals surface area (Å²) in [5.41, 5.74) is 1.97. The molecule has 9 heteroatoms. The lowest BCUT2D eigenvalue weighted by molar-refractivity contribution is -0.154. The summed E-state index contributed by atoms with van der Waals surface area (Å²) >= 11 is 0. The molecule has 0 saturated carbocycles. The van der Waals surface area contributed by atoms with Gasteiger partial charge in [0, 0.05) is 36.8 Å². The number of halogens is 3. The summed E-state index contributed by atoms with van der Waals surface area (Å²) in [5.74, 6) is -0.580. The van der Waals surface area contributed by atoms with Gasteiger partial charge in [-0.1, -0.05) is 6.07 Å². The quantitative estimate of drug-likeness (QED) is 0.936. The Labute approximate surface area is 129 Å². The van der Waals surface area contributed by atoms with Crippen LogP contribution < -0.4 is 4.74 Å². The van der Waals surface area contributed by atoms with Gasteiger partial charge in [0.1, 0.15) is 5.69 Å². The first kappa shape index (κ1) is 15.3. The second-order valence-corrected chi connectivity index (χ2v) is 5.12. The second-order valence-electron chi connectivity index (χ2n) is 5.12. The van der Waals surface area contributed by atoms with Crippen LogP contribution in [0, 0.1) is 0 Å². The molecule has 0 unspecified atom stereocenters. The fourth-order valence-corrected chi connectivity index (χ4v) is 2.33. The van der Waals surface area contributed by atoms with Gasteiger partial charge >= 0.3 is 6.18 Å². The number of pyridine rings is 1. The molecule has 1 aliphatic rings. The van der Waals surface area contributed by atoms with Crippen LogP contribution in [0.15, 0.2) is 24.4 Å². The standard InChI is InChI=1S/C14H13F3N4O2/c15-14(16,17)8-23-12-3-1-2-11(19-12)13(22)21-5-4-10-9(7-21)6-18-20-10/h1-3,6H,4-5,7-8H2,(H,18,20). The molecule has 3 rings (SSSR count). The van der Waals surface area contributed by atoms with Gasteiger partial charge in [0.15, 0.2) is 6.61 Å². The largest absolute Gasteiger partial charge is 0.468 e. The van der Waals surface area contributed by atoms with Crippen LogP contribution in [0.4, 0.5) is 13.2 Å². The number of hydrogen-bond acceptors (Lipinski definition) is 4. The Hall–Kier alpha value is -2.58. The molecular formula is C14H13F3N4O2. The molecule has 1 amide bonds. The molecule has 0 fully saturated rings. The Kier molecular flexibility index (Phi) is 3.93. The normalized spacial score (nSPS) is 14.5. The molecule has 2 aromatic rings. The molecule has 0 aliphatic carbocycles. The van der Waals surface area contributed by atoms with Crippen molar-refractivity contribution in [1.29, 1.82) is 0 Å². The number of ether oxygens (including phenoxy) is 1. The number of fused-ring (bicyclic) bond motifs is 1. The lowest BCUT2D eigenvalue weighted by atomic mass is 10.1. The van der Waals surface area contributed by atoms with Crippen molar-refractivity contribution < 1.29 is 22.7 Å². The van der Waals surface area contributed by atoms with E-state index in [1.165, 1.54) is 18.2 Å². The van der Waals surface area contributed by atoms with Crippen molar-refractivity contribution in [3.63, 3.8) is 0 Å². The third-order valence-electron chi connectivity index (χ3n) is 3.41. The third kappa shape index (κ3) is 3.61. The molecule has 0 aromatic carbocycles. The maximum atomic E-state index is 12.4. The van der Waals surface area contributed by atoms with Crippen LogP contribution in [-0.2, 0) is 13.0 Å². The van der Waals surface area contributed by atoms with Crippen LogP contribution >= 0.6 is 0 Å². The van der Waals surface area contributed by atoms with E-state index >= 15 is 0 Å². The summed E-state index contributed by atoms with van der Waals surface area (Å²) in [6, 6.07) is 4.18. The van der Waals surface area contributed by atoms with E-state index in [9.17, 15) is 18.0 Å². The first-order valence-corrected chi connectivity index (χ1v) is 6.89. The third-order valence-corrected chi connectivity index (χ3v) is 3.41. The van der Waals surface area contributed by atoms with Gasteiger partial charge in [-0.2, -0.15) is 18.3 Å². The molecule has 0 spiro atoms. The number of aromatic nitrogens is 3. The van der Waals surface area contributed by atoms with E-state index in [1.807, 2.05) is 0 Å². The van der Waals surface area contributed by atoms with Crippen molar-refractivity contribution in [3.8, 4) is 5.88 Å². The molecule has 122 valence electrons. The van der Waals surface area contributed by atoms with Crippen LogP contribution in [0.1, 0.15) is 21.7 Å². The predicted octanol–water partition coefficient (Wildman–Crippen LogP) is 1.94. The maximum Gasteiger partial charge on any atom is 0.422 e. The van der Waals surface area contributed by atoms with Crippen LogP contribution in [0.5, 0.6) is 5.88 Å². The van der Waals surface area contributed by atoms with E-state index in [0.29, 0.717) is 19.5 Å². The van der Waals surface area contributed by atoms with Crippen LogP contribution in [0.3, 0.4) is 0 Å². The minimum absolute atomic E-state index is 0.0524. The van der Waals surface area contributed by atoms with Crippen molar-refractivity contribution in [2.24, 2.45) is 0 Å². The van der Waals surface area contributed by atoms with Crippen LogP contribution in [0.2, 0.25) is 0 Å². The highest BCUT2D eigenvalue weighted by atomic mass is 19.4. The van der Waals surface area contributed by atoms with Crippen molar-refractivity contribution in [1.82, 2.24) is 20.1 Å². The lowest BCUT2D eigenvalue weighted by Crippen LogP contribution is -2.36. The van der Waals surface area contributed by atoms with E-state index in [0.717, 1.165) is 11.3 Å². The average molecular weight is 326 g/mol. The van der Waals surface area contributed by atoms with Crippen molar-refractivity contribution >= 4 is 5.91 Å². The van der Waals surface area contributed by atoms with E-state index in [2.05, 4.69) is 19.9 Å². The minimum Gasteiger partial charge on any atom is -0.468 e. The number of aromatic amines is 1. The summed E-state index contributed by atoms with van der Waals surface area (Å²) in [4.78, 5) is 17.9. The number of alkyl halides is 3. The number of nitrogens with one attached hydrogen (secondary N) is 1. The Morgan fingerprint density at radius 1 is 1.39 bits per heavy atom. The van der Waals surface area contributed by atoms with Gasteiger partial charge in [-0.3, -0.25) is 9.89 Å². The first-order chi connectivity index (χ1) is 10.9. The van der Waals surface area contributed by atoms with E-state index in [-0.39, 0.29) is 17.5 Å². The molecule has 0 radical (unpaired) electrons. The van der Waals surface area contributed by atoms with Gasteiger partial charge in [-0.15, -0.1) is 0 Å². The van der Waals surface area contributed by atoms with Gasteiger partial charge < -0.3 is 9.64 Å². The molecular weight excluding hydrogens is 313 g/mol. The monoisotopic (exact) mass is 326 g/mol. The van der Waals surface area contributed by atoms with Gasteiger partial charge in [-0.05, 0) is 6.07 Å². The van der Waals surface area contributed by atoms with Crippen molar-refractivity contribution in [2.45, 2.75) is 19.1 Å². The first-order valence-electron chi connectivity index (χ1n) is 6.89. The van der Waals surface area contributed by atoms with E-state index < -0.39 is 12.8 Å². The molecule has 2 aromatic heterocycles. The van der Waals surface area contributed by atoms with E-state index in [4.69, 9.17) is 0 Å². The number of rotatable bonds is 3. The fraction of sp³-hybridized carbons (Fsp3) is 0.357. The van der Waals surface area contributed by atoms with E-state index in [1.54, 1.807) is 11.1 Å². The summed E-state index contributed by atoms with van der Waals surface area (Å²) < 4.78 is 41.1. The smallest absolute Gasteiger partial charge is 0.422 e. The van der Waals surface area contributed by atoms with Gasteiger partial charge in [0.25, 0.3) is 5.91 Å². The van der Waals surface area contributed by atoms with Gasteiger partial charge in [0.05, 0.1) is 6.20 Å². The Balaban J connectivity index is 1.70. The summed E-state index contributed by atoms with van der Waals surface area (Å²) in [7, 11) is 0. The van der Waals surface area contributed by atoms with Crippen LogP contribution in [0.25, 0.3) is 0 Å². The Morgan fingerprint density at radius 3 is 3.00 bits per heavy atom. The zero-order chi connectivity index (χ0) is 16.4. The molecule has 23 heavy (non-hydrogen) atoms. The average Bonchev–Trinajstić information content (AvgIpc) is 2.99. The molecule has 0 bridgehead atoms. The van der Waals surface area contributed by atoms with Crippen LogP contribution in [-0.4, -0.2) is 45.3 Å². The zero-order valence-corrected chi connectivity index (χ0v) is 11.9. The van der Waals surface area contributed by atoms with Gasteiger partial charge in [0.2, 0.25) is 5.88 Å². The van der Waals surface area contributed by atoms with Crippen molar-refractivity contribution in [3.05, 3.63) is 41.3 Å². The molecule has 0 atom stereocenters. The molecule has 1 aliphatic heterocycles. The predicted molar refractivity (Wildman–Crippen MR) is 72.8 cm³/mol. The fourth-order valence-electron chi connectivity index (χ4n) is 2.33. The summed E-state index contributed by atoms with van der Waals surface area (Å²) in [6.07, 6.45) is -2.15. The number of carbonyl (C=O) groups excluding carboxylic acids is 1. The number of carbonyl (C=O) groups is 1. The molecule has 1 N–H and O–H groups in total. The highest BCUT2D eigenvalue weighted by molar-refractivity contribution is 5.92. The molecule has 0 saturated heterocycles. The topological polar surface area (TPSA) is 71.1 Å². The molecule has 6 nitrogen and oxygen atoms in total. The Morgan fingerprint density at radius 2 is 2.22 bits per heavy atom. The lowest BCUT2D eigenvalue weighted by Gasteiger charge is -2.26. The molecule has 3 heterocycles.